The minimum Gasteiger partial charge on any atom is -0.387 e. The molecule has 2 aromatic rings. The lowest BCUT2D eigenvalue weighted by Crippen LogP contribution is -2.22. The number of nitrogens with one attached hydrogen (secondary N) is 1. The first-order valence-corrected chi connectivity index (χ1v) is 8.05. The first-order chi connectivity index (χ1) is 10.6. The molecule has 0 unspecified atom stereocenters. The Morgan fingerprint density at radius 3 is 2.45 bits per heavy atom. The standard InChI is InChI=1S/C18H27N3O/c1-5-16-15(17(6-2)21(4)20-16)11-19-12-18(22)14-9-7-13(3)8-10-14/h7-10,18-19,22H,5-6,11-12H2,1-4H3/t18-/m1/s1. The van der Waals surface area contributed by atoms with Crippen molar-refractivity contribution < 1.29 is 5.11 Å². The van der Waals surface area contributed by atoms with Gasteiger partial charge in [0.1, 0.15) is 0 Å². The number of hydrogen-bond donors (Lipinski definition) is 2. The summed E-state index contributed by atoms with van der Waals surface area (Å²) in [6, 6.07) is 8.04. The van der Waals surface area contributed by atoms with Gasteiger partial charge in [-0.25, -0.2) is 0 Å². The molecule has 0 aliphatic rings. The van der Waals surface area contributed by atoms with E-state index in [0.29, 0.717) is 6.54 Å². The first-order valence-electron chi connectivity index (χ1n) is 8.05. The molecule has 0 fully saturated rings. The van der Waals surface area contributed by atoms with E-state index in [-0.39, 0.29) is 0 Å². The number of aromatic nitrogens is 2. The van der Waals surface area contributed by atoms with Crippen LogP contribution in [0.5, 0.6) is 0 Å². The molecule has 2 N–H and O–H groups in total. The Bertz CT molecular complexity index is 602. The van der Waals surface area contributed by atoms with Gasteiger partial charge in [0, 0.05) is 31.4 Å². The van der Waals surface area contributed by atoms with Gasteiger partial charge in [0.2, 0.25) is 0 Å². The van der Waals surface area contributed by atoms with Crippen LogP contribution in [0.25, 0.3) is 0 Å². The summed E-state index contributed by atoms with van der Waals surface area (Å²) in [6.07, 6.45) is 1.43. The average Bonchev–Trinajstić information content (AvgIpc) is 2.83. The fraction of sp³-hybridized carbons (Fsp3) is 0.500. The molecule has 0 aliphatic carbocycles. The van der Waals surface area contributed by atoms with Crippen LogP contribution in [-0.4, -0.2) is 21.4 Å². The Balaban J connectivity index is 1.97. The summed E-state index contributed by atoms with van der Waals surface area (Å²) >= 11 is 0. The summed E-state index contributed by atoms with van der Waals surface area (Å²) in [4.78, 5) is 0. The maximum absolute atomic E-state index is 10.3. The highest BCUT2D eigenvalue weighted by Gasteiger charge is 2.14. The molecule has 0 amide bonds. The molecule has 0 bridgehead atoms. The second kappa shape index (κ2) is 7.56. The molecule has 0 saturated heterocycles. The zero-order valence-corrected chi connectivity index (χ0v) is 14.1. The molecular formula is C18H27N3O. The smallest absolute Gasteiger partial charge is 0.0914 e. The summed E-state index contributed by atoms with van der Waals surface area (Å²) in [5, 5.41) is 18.2. The normalized spacial score (nSPS) is 12.6. The van der Waals surface area contributed by atoms with Gasteiger partial charge in [-0.2, -0.15) is 5.10 Å². The van der Waals surface area contributed by atoms with Gasteiger partial charge in [0.15, 0.2) is 0 Å². The van der Waals surface area contributed by atoms with Gasteiger partial charge in [0.25, 0.3) is 0 Å². The van der Waals surface area contributed by atoms with Gasteiger partial charge >= 0.3 is 0 Å². The van der Waals surface area contributed by atoms with Gasteiger partial charge in [-0.1, -0.05) is 43.7 Å². The van der Waals surface area contributed by atoms with Gasteiger partial charge < -0.3 is 10.4 Å². The van der Waals surface area contributed by atoms with E-state index >= 15 is 0 Å². The quantitative estimate of drug-likeness (QED) is 0.826. The lowest BCUT2D eigenvalue weighted by atomic mass is 10.1. The van der Waals surface area contributed by atoms with Crippen molar-refractivity contribution in [1.82, 2.24) is 15.1 Å². The predicted octanol–water partition coefficient (Wildman–Crippen LogP) is 2.68. The van der Waals surface area contributed by atoms with Crippen molar-refractivity contribution >= 4 is 0 Å². The molecule has 1 atom stereocenters. The van der Waals surface area contributed by atoms with Crippen molar-refractivity contribution in [3.05, 3.63) is 52.3 Å². The molecule has 120 valence electrons. The topological polar surface area (TPSA) is 50.1 Å². The van der Waals surface area contributed by atoms with E-state index < -0.39 is 6.10 Å². The van der Waals surface area contributed by atoms with Crippen molar-refractivity contribution in [3.63, 3.8) is 0 Å². The Labute approximate surface area is 133 Å². The van der Waals surface area contributed by atoms with Crippen LogP contribution in [-0.2, 0) is 26.4 Å². The number of benzene rings is 1. The highest BCUT2D eigenvalue weighted by molar-refractivity contribution is 5.27. The number of aryl methyl sites for hydroxylation is 3. The van der Waals surface area contributed by atoms with E-state index in [1.54, 1.807) is 0 Å². The number of rotatable bonds is 7. The molecule has 1 aromatic carbocycles. The number of hydrogen-bond acceptors (Lipinski definition) is 3. The highest BCUT2D eigenvalue weighted by Crippen LogP contribution is 2.16. The molecule has 0 aliphatic heterocycles. The number of aliphatic hydroxyl groups excluding tert-OH is 1. The van der Waals surface area contributed by atoms with E-state index in [1.807, 2.05) is 36.0 Å². The third-order valence-electron chi connectivity index (χ3n) is 4.13. The van der Waals surface area contributed by atoms with Crippen molar-refractivity contribution in [2.24, 2.45) is 7.05 Å². The lowest BCUT2D eigenvalue weighted by Gasteiger charge is -2.13. The fourth-order valence-electron chi connectivity index (χ4n) is 2.83. The minimum atomic E-state index is -0.479. The highest BCUT2D eigenvalue weighted by atomic mass is 16.3. The minimum absolute atomic E-state index is 0.479. The molecular weight excluding hydrogens is 274 g/mol. The van der Waals surface area contributed by atoms with E-state index in [0.717, 1.165) is 30.6 Å². The first kappa shape index (κ1) is 16.7. The predicted molar refractivity (Wildman–Crippen MR) is 89.8 cm³/mol. The second-order valence-corrected chi connectivity index (χ2v) is 5.76. The van der Waals surface area contributed by atoms with Crippen LogP contribution >= 0.6 is 0 Å². The molecule has 0 radical (unpaired) electrons. The summed E-state index contributed by atoms with van der Waals surface area (Å²) in [5.41, 5.74) is 5.87. The number of nitrogens with zero attached hydrogens (tertiary/aromatic N) is 2. The molecule has 2 rings (SSSR count). The van der Waals surface area contributed by atoms with Crippen molar-refractivity contribution in [2.75, 3.05) is 6.54 Å². The van der Waals surface area contributed by atoms with Crippen LogP contribution in [0.3, 0.4) is 0 Å². The molecule has 22 heavy (non-hydrogen) atoms. The van der Waals surface area contributed by atoms with Crippen molar-refractivity contribution in [2.45, 2.75) is 46.3 Å². The fourth-order valence-corrected chi connectivity index (χ4v) is 2.83. The zero-order valence-electron chi connectivity index (χ0n) is 14.1. The van der Waals surface area contributed by atoms with Crippen LogP contribution < -0.4 is 5.32 Å². The monoisotopic (exact) mass is 301 g/mol. The van der Waals surface area contributed by atoms with Crippen LogP contribution in [0, 0.1) is 6.92 Å². The second-order valence-electron chi connectivity index (χ2n) is 5.76. The Kier molecular flexibility index (Phi) is 5.75. The van der Waals surface area contributed by atoms with E-state index in [4.69, 9.17) is 0 Å². The van der Waals surface area contributed by atoms with E-state index in [1.165, 1.54) is 16.8 Å². The molecule has 0 saturated carbocycles. The zero-order chi connectivity index (χ0) is 16.1. The van der Waals surface area contributed by atoms with E-state index in [9.17, 15) is 5.11 Å². The molecule has 0 spiro atoms. The van der Waals surface area contributed by atoms with Crippen molar-refractivity contribution in [1.29, 1.82) is 0 Å². The van der Waals surface area contributed by atoms with E-state index in [2.05, 4.69) is 31.2 Å². The Morgan fingerprint density at radius 2 is 1.86 bits per heavy atom. The summed E-state index contributed by atoms with van der Waals surface area (Å²) in [7, 11) is 2.00. The number of aliphatic hydroxyl groups is 1. The third kappa shape index (κ3) is 3.76. The SMILES string of the molecule is CCc1nn(C)c(CC)c1CNC[C@@H](O)c1ccc(C)cc1. The summed E-state index contributed by atoms with van der Waals surface area (Å²) in [6.45, 7) is 7.64. The maximum atomic E-state index is 10.3. The molecule has 4 heteroatoms. The lowest BCUT2D eigenvalue weighted by molar-refractivity contribution is 0.174. The average molecular weight is 301 g/mol. The van der Waals surface area contributed by atoms with Gasteiger partial charge in [0.05, 0.1) is 11.8 Å². The van der Waals surface area contributed by atoms with Crippen LogP contribution in [0.4, 0.5) is 0 Å². The summed E-state index contributed by atoms with van der Waals surface area (Å²) < 4.78 is 1.98. The van der Waals surface area contributed by atoms with Crippen LogP contribution in [0.2, 0.25) is 0 Å². The van der Waals surface area contributed by atoms with Crippen molar-refractivity contribution in [3.8, 4) is 0 Å². The maximum Gasteiger partial charge on any atom is 0.0914 e. The van der Waals surface area contributed by atoms with Crippen LogP contribution in [0.1, 0.15) is 48.0 Å². The third-order valence-corrected chi connectivity index (χ3v) is 4.13. The Hall–Kier alpha value is -1.65. The van der Waals surface area contributed by atoms with Gasteiger partial charge in [-0.3, -0.25) is 4.68 Å². The molecule has 1 heterocycles. The summed E-state index contributed by atoms with van der Waals surface area (Å²) in [5.74, 6) is 0. The van der Waals surface area contributed by atoms with Gasteiger partial charge in [-0.05, 0) is 25.3 Å². The van der Waals surface area contributed by atoms with Crippen LogP contribution in [0.15, 0.2) is 24.3 Å². The largest absolute Gasteiger partial charge is 0.387 e. The Morgan fingerprint density at radius 1 is 1.18 bits per heavy atom. The molecule has 1 aromatic heterocycles. The van der Waals surface area contributed by atoms with Gasteiger partial charge in [-0.15, -0.1) is 0 Å². The molecule has 4 nitrogen and oxygen atoms in total.